The topological polar surface area (TPSA) is 142 Å². The Morgan fingerprint density at radius 1 is 1.13 bits per heavy atom. The summed E-state index contributed by atoms with van der Waals surface area (Å²) in [5.74, 6) is -0.781. The van der Waals surface area contributed by atoms with Crippen molar-refractivity contribution in [3.63, 3.8) is 0 Å². The van der Waals surface area contributed by atoms with E-state index in [9.17, 15) is 19.2 Å². The third kappa shape index (κ3) is 3.70. The highest BCUT2D eigenvalue weighted by molar-refractivity contribution is 5.98. The van der Waals surface area contributed by atoms with Gasteiger partial charge in [0.2, 0.25) is 0 Å². The van der Waals surface area contributed by atoms with E-state index < -0.39 is 11.5 Å². The summed E-state index contributed by atoms with van der Waals surface area (Å²) in [6.07, 6.45) is 0. The van der Waals surface area contributed by atoms with Crippen LogP contribution in [0, 0.1) is 0 Å². The van der Waals surface area contributed by atoms with Crippen LogP contribution in [0.5, 0.6) is 5.75 Å². The molecule has 0 saturated heterocycles. The summed E-state index contributed by atoms with van der Waals surface area (Å²) in [5.41, 5.74) is 1.32. The fourth-order valence-corrected chi connectivity index (χ4v) is 3.04. The van der Waals surface area contributed by atoms with Gasteiger partial charge in [-0.25, -0.2) is 4.98 Å². The fourth-order valence-electron chi connectivity index (χ4n) is 3.04. The standard InChI is InChI=1S/C20H17N5O5/c1-21-18(27)11-3-4-12-13(7-11)24-17(25-19(12)28)20(29)22-8-10-2-5-15-14(6-10)23-16(26)9-30-15/h2-7H,8-9H2,1H3,(H,21,27)(H,22,29)(H,23,26)(H,24,25,28). The van der Waals surface area contributed by atoms with Gasteiger partial charge < -0.3 is 25.7 Å². The van der Waals surface area contributed by atoms with Gasteiger partial charge in [0.25, 0.3) is 23.3 Å². The zero-order chi connectivity index (χ0) is 21.3. The molecule has 2 heterocycles. The summed E-state index contributed by atoms with van der Waals surface area (Å²) in [5, 5.41) is 8.13. The minimum absolute atomic E-state index is 0.0360. The van der Waals surface area contributed by atoms with Gasteiger partial charge in [-0.3, -0.25) is 19.2 Å². The first-order valence-corrected chi connectivity index (χ1v) is 9.04. The van der Waals surface area contributed by atoms with Crippen molar-refractivity contribution in [1.82, 2.24) is 20.6 Å². The van der Waals surface area contributed by atoms with E-state index in [2.05, 4.69) is 25.9 Å². The number of carbonyl (C=O) groups is 3. The molecule has 3 amide bonds. The molecule has 1 aromatic heterocycles. The number of carbonyl (C=O) groups excluding carboxylic acids is 3. The van der Waals surface area contributed by atoms with E-state index in [0.29, 0.717) is 17.0 Å². The van der Waals surface area contributed by atoms with E-state index in [4.69, 9.17) is 4.74 Å². The predicted molar refractivity (Wildman–Crippen MR) is 107 cm³/mol. The van der Waals surface area contributed by atoms with Crippen molar-refractivity contribution in [1.29, 1.82) is 0 Å². The van der Waals surface area contributed by atoms with E-state index in [0.717, 1.165) is 5.56 Å². The molecule has 0 spiro atoms. The summed E-state index contributed by atoms with van der Waals surface area (Å²) < 4.78 is 5.30. The number of aromatic nitrogens is 2. The number of aromatic amines is 1. The first kappa shape index (κ1) is 19.1. The van der Waals surface area contributed by atoms with Gasteiger partial charge in [-0.05, 0) is 35.9 Å². The molecular weight excluding hydrogens is 390 g/mol. The van der Waals surface area contributed by atoms with Gasteiger partial charge >= 0.3 is 0 Å². The third-order valence-corrected chi connectivity index (χ3v) is 4.54. The predicted octanol–water partition coefficient (Wildman–Crippen LogP) is 0.544. The number of H-pyrrole nitrogens is 1. The molecule has 0 fully saturated rings. The molecule has 2 aromatic carbocycles. The number of hydrogen-bond acceptors (Lipinski definition) is 6. The van der Waals surface area contributed by atoms with Gasteiger partial charge in [-0.2, -0.15) is 0 Å². The first-order valence-electron chi connectivity index (χ1n) is 9.04. The Labute approximate surface area is 169 Å². The lowest BCUT2D eigenvalue weighted by molar-refractivity contribution is -0.118. The zero-order valence-corrected chi connectivity index (χ0v) is 15.9. The molecule has 0 unspecified atom stereocenters. The Kier molecular flexibility index (Phi) is 4.88. The minimum atomic E-state index is -0.586. The monoisotopic (exact) mass is 407 g/mol. The number of benzene rings is 2. The molecule has 0 radical (unpaired) electrons. The number of hydrogen-bond donors (Lipinski definition) is 4. The fraction of sp³-hybridized carbons (Fsp3) is 0.150. The lowest BCUT2D eigenvalue weighted by atomic mass is 10.1. The van der Waals surface area contributed by atoms with Gasteiger partial charge in [0.15, 0.2) is 12.4 Å². The average molecular weight is 407 g/mol. The Morgan fingerprint density at radius 2 is 1.97 bits per heavy atom. The van der Waals surface area contributed by atoms with Gasteiger partial charge in [0, 0.05) is 19.2 Å². The lowest BCUT2D eigenvalue weighted by Gasteiger charge is -2.18. The molecular formula is C20H17N5O5. The van der Waals surface area contributed by atoms with Crippen molar-refractivity contribution in [2.75, 3.05) is 19.0 Å². The van der Waals surface area contributed by atoms with Gasteiger partial charge in [0.1, 0.15) is 5.75 Å². The molecule has 0 atom stereocenters. The molecule has 10 heteroatoms. The molecule has 30 heavy (non-hydrogen) atoms. The maximum absolute atomic E-state index is 12.5. The number of anilines is 1. The Balaban J connectivity index is 1.54. The second-order valence-corrected chi connectivity index (χ2v) is 6.58. The van der Waals surface area contributed by atoms with E-state index in [-0.39, 0.29) is 41.7 Å². The van der Waals surface area contributed by atoms with E-state index in [1.54, 1.807) is 18.2 Å². The maximum Gasteiger partial charge on any atom is 0.287 e. The minimum Gasteiger partial charge on any atom is -0.482 e. The molecule has 0 aliphatic carbocycles. The highest BCUT2D eigenvalue weighted by Gasteiger charge is 2.17. The maximum atomic E-state index is 12.5. The van der Waals surface area contributed by atoms with Crippen molar-refractivity contribution >= 4 is 34.3 Å². The van der Waals surface area contributed by atoms with Crippen LogP contribution >= 0.6 is 0 Å². The first-order chi connectivity index (χ1) is 14.4. The van der Waals surface area contributed by atoms with Gasteiger partial charge in [-0.15, -0.1) is 0 Å². The molecule has 0 saturated carbocycles. The van der Waals surface area contributed by atoms with Crippen LogP contribution in [0.25, 0.3) is 10.9 Å². The Bertz CT molecular complexity index is 1250. The van der Waals surface area contributed by atoms with Crippen LogP contribution in [-0.4, -0.2) is 41.3 Å². The highest BCUT2D eigenvalue weighted by Crippen LogP contribution is 2.28. The molecule has 10 nitrogen and oxygen atoms in total. The summed E-state index contributed by atoms with van der Waals surface area (Å²) in [4.78, 5) is 54.7. The van der Waals surface area contributed by atoms with Crippen molar-refractivity contribution in [2.45, 2.75) is 6.54 Å². The van der Waals surface area contributed by atoms with Crippen molar-refractivity contribution in [2.24, 2.45) is 0 Å². The molecule has 3 aromatic rings. The number of nitrogens with zero attached hydrogens (tertiary/aromatic N) is 1. The van der Waals surface area contributed by atoms with Crippen molar-refractivity contribution in [3.05, 3.63) is 63.7 Å². The second-order valence-electron chi connectivity index (χ2n) is 6.58. The molecule has 152 valence electrons. The number of fused-ring (bicyclic) bond motifs is 2. The lowest BCUT2D eigenvalue weighted by Crippen LogP contribution is -2.28. The normalized spacial score (nSPS) is 12.5. The van der Waals surface area contributed by atoms with Crippen molar-refractivity contribution < 1.29 is 19.1 Å². The number of ether oxygens (including phenoxy) is 1. The second kappa shape index (κ2) is 7.66. The Hall–Kier alpha value is -4.21. The van der Waals surface area contributed by atoms with Crippen LogP contribution in [0.1, 0.15) is 26.5 Å². The smallest absolute Gasteiger partial charge is 0.287 e. The van der Waals surface area contributed by atoms with Gasteiger partial charge in [-0.1, -0.05) is 6.07 Å². The highest BCUT2D eigenvalue weighted by atomic mass is 16.5. The Morgan fingerprint density at radius 3 is 2.77 bits per heavy atom. The van der Waals surface area contributed by atoms with Crippen LogP contribution in [0.2, 0.25) is 0 Å². The van der Waals surface area contributed by atoms with Crippen LogP contribution in [0.4, 0.5) is 5.69 Å². The van der Waals surface area contributed by atoms with E-state index in [1.165, 1.54) is 25.2 Å². The number of nitrogens with one attached hydrogen (secondary N) is 4. The van der Waals surface area contributed by atoms with E-state index >= 15 is 0 Å². The van der Waals surface area contributed by atoms with Crippen LogP contribution in [0.15, 0.2) is 41.2 Å². The summed E-state index contributed by atoms with van der Waals surface area (Å²) in [6.45, 7) is 0.105. The molecule has 4 rings (SSSR count). The molecule has 1 aliphatic heterocycles. The molecule has 1 aliphatic rings. The largest absolute Gasteiger partial charge is 0.482 e. The summed E-state index contributed by atoms with van der Waals surface area (Å²) in [6, 6.07) is 9.59. The van der Waals surface area contributed by atoms with Gasteiger partial charge in [0.05, 0.1) is 16.6 Å². The summed E-state index contributed by atoms with van der Waals surface area (Å²) >= 11 is 0. The molecule has 4 N–H and O–H groups in total. The number of rotatable bonds is 4. The number of amides is 3. The van der Waals surface area contributed by atoms with Crippen LogP contribution in [0.3, 0.4) is 0 Å². The van der Waals surface area contributed by atoms with Crippen LogP contribution < -0.4 is 26.2 Å². The van der Waals surface area contributed by atoms with Crippen molar-refractivity contribution in [3.8, 4) is 5.75 Å². The third-order valence-electron chi connectivity index (χ3n) is 4.54. The quantitative estimate of drug-likeness (QED) is 0.497. The molecule has 0 bridgehead atoms. The average Bonchev–Trinajstić information content (AvgIpc) is 2.76. The zero-order valence-electron chi connectivity index (χ0n) is 15.9. The summed E-state index contributed by atoms with van der Waals surface area (Å²) in [7, 11) is 1.49. The van der Waals surface area contributed by atoms with E-state index in [1.807, 2.05) is 0 Å². The SMILES string of the molecule is CNC(=O)c1ccc2c(=O)[nH]c(C(=O)NCc3ccc4c(c3)NC(=O)CO4)nc2c1. The van der Waals surface area contributed by atoms with Crippen LogP contribution in [-0.2, 0) is 11.3 Å².